The van der Waals surface area contributed by atoms with Gasteiger partial charge in [-0.1, -0.05) is 18.3 Å². The van der Waals surface area contributed by atoms with Gasteiger partial charge in [0.1, 0.15) is 5.82 Å². The van der Waals surface area contributed by atoms with E-state index in [9.17, 15) is 0 Å². The standard InChI is InChI=1S/C12H17N3OS/c1-16-12-4-2-3-11(14-12)15(9-5-6-9)8-7-10(13)17/h2-4,9H,5-8H2,1H3,(H2,13,17). The molecule has 0 amide bonds. The number of ether oxygens (including phenoxy) is 1. The first-order chi connectivity index (χ1) is 8.20. The molecule has 2 N–H and O–H groups in total. The van der Waals surface area contributed by atoms with Crippen LogP contribution in [0.2, 0.25) is 0 Å². The Morgan fingerprint density at radius 3 is 2.94 bits per heavy atom. The van der Waals surface area contributed by atoms with E-state index >= 15 is 0 Å². The summed E-state index contributed by atoms with van der Waals surface area (Å²) in [6.07, 6.45) is 3.16. The molecule has 5 heteroatoms. The van der Waals surface area contributed by atoms with Crippen molar-refractivity contribution in [3.8, 4) is 5.88 Å². The lowest BCUT2D eigenvalue weighted by atomic mass is 10.3. The Morgan fingerprint density at radius 2 is 2.35 bits per heavy atom. The molecule has 1 aromatic rings. The van der Waals surface area contributed by atoms with Crippen molar-refractivity contribution in [1.82, 2.24) is 4.98 Å². The molecule has 0 aliphatic heterocycles. The summed E-state index contributed by atoms with van der Waals surface area (Å²) in [5.41, 5.74) is 5.56. The highest BCUT2D eigenvalue weighted by Crippen LogP contribution is 2.31. The van der Waals surface area contributed by atoms with Crippen LogP contribution in [0.25, 0.3) is 0 Å². The molecule has 17 heavy (non-hydrogen) atoms. The number of thiocarbonyl (C=S) groups is 1. The molecule has 1 aliphatic rings. The normalized spacial score (nSPS) is 14.4. The van der Waals surface area contributed by atoms with E-state index in [-0.39, 0.29) is 0 Å². The van der Waals surface area contributed by atoms with Crippen molar-refractivity contribution in [1.29, 1.82) is 0 Å². The summed E-state index contributed by atoms with van der Waals surface area (Å²) in [6.45, 7) is 0.833. The summed E-state index contributed by atoms with van der Waals surface area (Å²) in [4.78, 5) is 7.27. The van der Waals surface area contributed by atoms with E-state index in [1.807, 2.05) is 18.2 Å². The first kappa shape index (κ1) is 12.1. The molecule has 92 valence electrons. The van der Waals surface area contributed by atoms with Crippen LogP contribution in [0.1, 0.15) is 19.3 Å². The second kappa shape index (κ2) is 5.31. The fourth-order valence-corrected chi connectivity index (χ4v) is 1.87. The van der Waals surface area contributed by atoms with E-state index in [2.05, 4.69) is 9.88 Å². The topological polar surface area (TPSA) is 51.4 Å². The van der Waals surface area contributed by atoms with Crippen LogP contribution in [0.4, 0.5) is 5.82 Å². The van der Waals surface area contributed by atoms with Crippen molar-refractivity contribution in [3.63, 3.8) is 0 Å². The minimum atomic E-state index is 0.554. The molecule has 1 aliphatic carbocycles. The van der Waals surface area contributed by atoms with E-state index in [4.69, 9.17) is 22.7 Å². The van der Waals surface area contributed by atoms with Crippen LogP contribution in [-0.2, 0) is 0 Å². The van der Waals surface area contributed by atoms with Crippen molar-refractivity contribution < 1.29 is 4.74 Å². The predicted molar refractivity (Wildman–Crippen MR) is 72.6 cm³/mol. The molecule has 0 unspecified atom stereocenters. The van der Waals surface area contributed by atoms with Crippen molar-refractivity contribution >= 4 is 23.0 Å². The molecule has 1 aromatic heterocycles. The third kappa shape index (κ3) is 3.30. The number of methoxy groups -OCH3 is 1. The van der Waals surface area contributed by atoms with Crippen LogP contribution in [-0.4, -0.2) is 29.7 Å². The van der Waals surface area contributed by atoms with Gasteiger partial charge >= 0.3 is 0 Å². The van der Waals surface area contributed by atoms with Gasteiger partial charge in [-0.15, -0.1) is 0 Å². The molecule has 0 radical (unpaired) electrons. The zero-order valence-electron chi connectivity index (χ0n) is 9.93. The number of nitrogens with zero attached hydrogens (tertiary/aromatic N) is 2. The molecule has 0 atom stereocenters. The summed E-state index contributed by atoms with van der Waals surface area (Å²) in [6, 6.07) is 6.39. The second-order valence-corrected chi connectivity index (χ2v) is 4.70. The van der Waals surface area contributed by atoms with Crippen LogP contribution in [0, 0.1) is 0 Å². The van der Waals surface area contributed by atoms with Gasteiger partial charge in [-0.05, 0) is 18.9 Å². The maximum atomic E-state index is 5.56. The van der Waals surface area contributed by atoms with Gasteiger partial charge in [-0.2, -0.15) is 4.98 Å². The molecular weight excluding hydrogens is 234 g/mol. The smallest absolute Gasteiger partial charge is 0.214 e. The fraction of sp³-hybridized carbons (Fsp3) is 0.500. The van der Waals surface area contributed by atoms with Crippen LogP contribution < -0.4 is 15.4 Å². The van der Waals surface area contributed by atoms with Gasteiger partial charge in [0, 0.05) is 25.1 Å². The van der Waals surface area contributed by atoms with Crippen molar-refractivity contribution in [2.45, 2.75) is 25.3 Å². The first-order valence-electron chi connectivity index (χ1n) is 5.76. The van der Waals surface area contributed by atoms with Gasteiger partial charge in [-0.3, -0.25) is 0 Å². The van der Waals surface area contributed by atoms with E-state index in [0.717, 1.165) is 18.8 Å². The van der Waals surface area contributed by atoms with Crippen molar-refractivity contribution in [3.05, 3.63) is 18.2 Å². The summed E-state index contributed by atoms with van der Waals surface area (Å²) in [5.74, 6) is 1.59. The Morgan fingerprint density at radius 1 is 1.59 bits per heavy atom. The maximum absolute atomic E-state index is 5.56. The number of nitrogens with two attached hydrogens (primary N) is 1. The quantitative estimate of drug-likeness (QED) is 0.780. The van der Waals surface area contributed by atoms with Crippen LogP contribution in [0.15, 0.2) is 18.2 Å². The summed E-state index contributed by atoms with van der Waals surface area (Å²) >= 11 is 4.93. The Labute approximate surface area is 107 Å². The molecule has 1 fully saturated rings. The number of hydrogen-bond acceptors (Lipinski definition) is 4. The minimum absolute atomic E-state index is 0.554. The Balaban J connectivity index is 2.10. The Kier molecular flexibility index (Phi) is 3.78. The molecule has 0 bridgehead atoms. The van der Waals surface area contributed by atoms with E-state index in [1.54, 1.807) is 7.11 Å². The van der Waals surface area contributed by atoms with Crippen LogP contribution in [0.3, 0.4) is 0 Å². The van der Waals surface area contributed by atoms with Crippen LogP contribution >= 0.6 is 12.2 Å². The van der Waals surface area contributed by atoms with Crippen LogP contribution in [0.5, 0.6) is 5.88 Å². The summed E-state index contributed by atoms with van der Waals surface area (Å²) in [7, 11) is 1.63. The van der Waals surface area contributed by atoms with Crippen molar-refractivity contribution in [2.24, 2.45) is 5.73 Å². The van der Waals surface area contributed by atoms with Gasteiger partial charge in [-0.25, -0.2) is 0 Å². The third-order valence-electron chi connectivity index (χ3n) is 2.80. The molecular formula is C12H17N3OS. The van der Waals surface area contributed by atoms with Gasteiger partial charge in [0.15, 0.2) is 0 Å². The molecule has 0 aromatic carbocycles. The van der Waals surface area contributed by atoms with E-state index in [1.165, 1.54) is 12.8 Å². The number of hydrogen-bond donors (Lipinski definition) is 1. The SMILES string of the molecule is COc1cccc(N(CCC(N)=S)C2CC2)n1. The molecule has 4 nitrogen and oxygen atoms in total. The lowest BCUT2D eigenvalue weighted by molar-refractivity contribution is 0.398. The predicted octanol–water partition coefficient (Wildman–Crippen LogP) is 1.74. The zero-order chi connectivity index (χ0) is 12.3. The van der Waals surface area contributed by atoms with Gasteiger partial charge < -0.3 is 15.4 Å². The monoisotopic (exact) mass is 251 g/mol. The Bertz CT molecular complexity index is 406. The largest absolute Gasteiger partial charge is 0.481 e. The summed E-state index contributed by atoms with van der Waals surface area (Å²) in [5, 5.41) is 0. The molecule has 1 saturated carbocycles. The maximum Gasteiger partial charge on any atom is 0.214 e. The number of anilines is 1. The third-order valence-corrected chi connectivity index (χ3v) is 3.00. The number of pyridine rings is 1. The highest BCUT2D eigenvalue weighted by Gasteiger charge is 2.29. The number of aromatic nitrogens is 1. The van der Waals surface area contributed by atoms with Gasteiger partial charge in [0.25, 0.3) is 0 Å². The minimum Gasteiger partial charge on any atom is -0.481 e. The first-order valence-corrected chi connectivity index (χ1v) is 6.17. The zero-order valence-corrected chi connectivity index (χ0v) is 10.7. The molecule has 0 spiro atoms. The Hall–Kier alpha value is -1.36. The molecule has 2 rings (SSSR count). The van der Waals surface area contributed by atoms with Gasteiger partial charge in [0.2, 0.25) is 5.88 Å². The fourth-order valence-electron chi connectivity index (χ4n) is 1.78. The molecule has 1 heterocycles. The number of rotatable bonds is 6. The lowest BCUT2D eigenvalue weighted by Gasteiger charge is -2.23. The average molecular weight is 251 g/mol. The summed E-state index contributed by atoms with van der Waals surface area (Å²) < 4.78 is 5.14. The average Bonchev–Trinajstić information content (AvgIpc) is 3.14. The molecule has 0 saturated heterocycles. The lowest BCUT2D eigenvalue weighted by Crippen LogP contribution is -2.30. The second-order valence-electron chi connectivity index (χ2n) is 4.18. The van der Waals surface area contributed by atoms with E-state index in [0.29, 0.717) is 16.9 Å². The van der Waals surface area contributed by atoms with Gasteiger partial charge in [0.05, 0.1) is 12.1 Å². The highest BCUT2D eigenvalue weighted by atomic mass is 32.1. The van der Waals surface area contributed by atoms with E-state index < -0.39 is 0 Å². The highest BCUT2D eigenvalue weighted by molar-refractivity contribution is 7.80. The van der Waals surface area contributed by atoms with Crippen molar-refractivity contribution in [2.75, 3.05) is 18.6 Å².